The summed E-state index contributed by atoms with van der Waals surface area (Å²) in [5.74, 6) is 2.62. The molecule has 1 aliphatic rings. The van der Waals surface area contributed by atoms with Crippen molar-refractivity contribution in [2.75, 3.05) is 6.54 Å². The number of hydrogen-bond acceptors (Lipinski definition) is 2. The summed E-state index contributed by atoms with van der Waals surface area (Å²) in [4.78, 5) is 4.57. The SMILES string of the molecule is CCNC1CCC(CC)CC1n1ccnc1C(C)C. The minimum absolute atomic E-state index is 0.499. The lowest BCUT2D eigenvalue weighted by Crippen LogP contribution is -2.42. The predicted molar refractivity (Wildman–Crippen MR) is 80.4 cm³/mol. The summed E-state index contributed by atoms with van der Waals surface area (Å²) >= 11 is 0. The zero-order valence-electron chi connectivity index (χ0n) is 12.9. The van der Waals surface area contributed by atoms with Crippen LogP contribution in [0.2, 0.25) is 0 Å². The van der Waals surface area contributed by atoms with E-state index in [2.05, 4.69) is 48.8 Å². The standard InChI is InChI=1S/C16H29N3/c1-5-13-7-8-14(17-6-2)15(11-13)19-10-9-18-16(19)12(3)4/h9-10,12-15,17H,5-8,11H2,1-4H3. The lowest BCUT2D eigenvalue weighted by atomic mass is 9.80. The van der Waals surface area contributed by atoms with Gasteiger partial charge in [-0.3, -0.25) is 0 Å². The van der Waals surface area contributed by atoms with Crippen molar-refractivity contribution >= 4 is 0 Å². The molecule has 0 aliphatic heterocycles. The summed E-state index contributed by atoms with van der Waals surface area (Å²) in [6.07, 6.45) is 9.42. The summed E-state index contributed by atoms with van der Waals surface area (Å²) < 4.78 is 2.44. The summed E-state index contributed by atoms with van der Waals surface area (Å²) in [6.45, 7) is 10.1. The van der Waals surface area contributed by atoms with Crippen molar-refractivity contribution in [1.29, 1.82) is 0 Å². The summed E-state index contributed by atoms with van der Waals surface area (Å²) in [5, 5.41) is 3.69. The van der Waals surface area contributed by atoms with Gasteiger partial charge in [-0.1, -0.05) is 34.1 Å². The molecule has 1 heterocycles. The molecule has 3 unspecified atom stereocenters. The van der Waals surface area contributed by atoms with E-state index in [9.17, 15) is 0 Å². The quantitative estimate of drug-likeness (QED) is 0.877. The van der Waals surface area contributed by atoms with Gasteiger partial charge in [-0.25, -0.2) is 4.98 Å². The maximum absolute atomic E-state index is 4.57. The van der Waals surface area contributed by atoms with Gasteiger partial charge in [0, 0.05) is 24.4 Å². The number of hydrogen-bond donors (Lipinski definition) is 1. The first-order valence-corrected chi connectivity index (χ1v) is 7.93. The highest BCUT2D eigenvalue weighted by Gasteiger charge is 2.31. The highest BCUT2D eigenvalue weighted by molar-refractivity contribution is 5.03. The first kappa shape index (κ1) is 14.6. The third-order valence-corrected chi connectivity index (χ3v) is 4.54. The van der Waals surface area contributed by atoms with E-state index in [-0.39, 0.29) is 0 Å². The van der Waals surface area contributed by atoms with E-state index in [0.29, 0.717) is 18.0 Å². The van der Waals surface area contributed by atoms with Crippen molar-refractivity contribution in [3.05, 3.63) is 18.2 Å². The summed E-state index contributed by atoms with van der Waals surface area (Å²) in [6, 6.07) is 1.19. The van der Waals surface area contributed by atoms with Gasteiger partial charge >= 0.3 is 0 Å². The Kier molecular flexibility index (Phi) is 5.03. The Labute approximate surface area is 117 Å². The van der Waals surface area contributed by atoms with Crippen LogP contribution in [0.5, 0.6) is 0 Å². The van der Waals surface area contributed by atoms with Crippen molar-refractivity contribution in [3.63, 3.8) is 0 Å². The minimum Gasteiger partial charge on any atom is -0.330 e. The van der Waals surface area contributed by atoms with Gasteiger partial charge < -0.3 is 9.88 Å². The Morgan fingerprint density at radius 1 is 1.37 bits per heavy atom. The van der Waals surface area contributed by atoms with E-state index < -0.39 is 0 Å². The third kappa shape index (κ3) is 3.19. The maximum Gasteiger partial charge on any atom is 0.111 e. The Morgan fingerprint density at radius 2 is 2.16 bits per heavy atom. The van der Waals surface area contributed by atoms with Crippen LogP contribution in [0.3, 0.4) is 0 Å². The van der Waals surface area contributed by atoms with Crippen LogP contribution in [0.25, 0.3) is 0 Å². The molecule has 1 aliphatic carbocycles. The Hall–Kier alpha value is -0.830. The van der Waals surface area contributed by atoms with Crippen LogP contribution in [0.1, 0.15) is 71.2 Å². The van der Waals surface area contributed by atoms with Gasteiger partial charge in [-0.05, 0) is 31.7 Å². The van der Waals surface area contributed by atoms with Crippen LogP contribution in [-0.4, -0.2) is 22.1 Å². The van der Waals surface area contributed by atoms with E-state index in [1.54, 1.807) is 0 Å². The van der Waals surface area contributed by atoms with Crippen molar-refractivity contribution in [1.82, 2.24) is 14.9 Å². The molecular weight excluding hydrogens is 234 g/mol. The molecule has 0 radical (unpaired) electrons. The zero-order valence-corrected chi connectivity index (χ0v) is 12.9. The second-order valence-corrected chi connectivity index (χ2v) is 6.17. The van der Waals surface area contributed by atoms with Gasteiger partial charge in [0.05, 0.1) is 6.04 Å². The fraction of sp³-hybridized carbons (Fsp3) is 0.812. The topological polar surface area (TPSA) is 29.9 Å². The molecule has 2 rings (SSSR count). The second kappa shape index (κ2) is 6.56. The number of aromatic nitrogens is 2. The minimum atomic E-state index is 0.499. The predicted octanol–water partition coefficient (Wildman–Crippen LogP) is 3.74. The van der Waals surface area contributed by atoms with Crippen LogP contribution in [0.4, 0.5) is 0 Å². The van der Waals surface area contributed by atoms with Crippen LogP contribution in [0.15, 0.2) is 12.4 Å². The highest BCUT2D eigenvalue weighted by atomic mass is 15.1. The average Bonchev–Trinajstić information content (AvgIpc) is 2.89. The highest BCUT2D eigenvalue weighted by Crippen LogP contribution is 2.36. The van der Waals surface area contributed by atoms with Crippen LogP contribution in [0, 0.1) is 5.92 Å². The molecule has 1 aromatic rings. The van der Waals surface area contributed by atoms with Crippen molar-refractivity contribution < 1.29 is 0 Å². The summed E-state index contributed by atoms with van der Waals surface area (Å²) in [5.41, 5.74) is 0. The molecule has 3 nitrogen and oxygen atoms in total. The fourth-order valence-electron chi connectivity index (χ4n) is 3.46. The molecule has 1 N–H and O–H groups in total. The van der Waals surface area contributed by atoms with Crippen LogP contribution >= 0.6 is 0 Å². The van der Waals surface area contributed by atoms with Crippen molar-refractivity contribution in [3.8, 4) is 0 Å². The van der Waals surface area contributed by atoms with E-state index >= 15 is 0 Å². The molecule has 0 bridgehead atoms. The Bertz CT molecular complexity index is 383. The maximum atomic E-state index is 4.57. The lowest BCUT2D eigenvalue weighted by molar-refractivity contribution is 0.199. The molecule has 108 valence electrons. The molecule has 1 aromatic heterocycles. The molecular formula is C16H29N3. The van der Waals surface area contributed by atoms with Gasteiger partial charge in [-0.2, -0.15) is 0 Å². The fourth-order valence-corrected chi connectivity index (χ4v) is 3.46. The van der Waals surface area contributed by atoms with Gasteiger partial charge in [0.1, 0.15) is 5.82 Å². The molecule has 3 atom stereocenters. The molecule has 1 fully saturated rings. The Morgan fingerprint density at radius 3 is 2.79 bits per heavy atom. The third-order valence-electron chi connectivity index (χ3n) is 4.54. The average molecular weight is 263 g/mol. The van der Waals surface area contributed by atoms with Crippen molar-refractivity contribution in [2.24, 2.45) is 5.92 Å². The zero-order chi connectivity index (χ0) is 13.8. The number of imidazole rings is 1. The van der Waals surface area contributed by atoms with E-state index in [0.717, 1.165) is 12.5 Å². The molecule has 0 amide bonds. The van der Waals surface area contributed by atoms with E-state index in [1.807, 2.05) is 6.20 Å². The van der Waals surface area contributed by atoms with Gasteiger partial charge in [0.15, 0.2) is 0 Å². The molecule has 0 saturated heterocycles. The molecule has 0 spiro atoms. The summed E-state index contributed by atoms with van der Waals surface area (Å²) in [7, 11) is 0. The number of nitrogens with zero attached hydrogens (tertiary/aromatic N) is 2. The number of nitrogens with one attached hydrogen (secondary N) is 1. The lowest BCUT2D eigenvalue weighted by Gasteiger charge is -2.38. The van der Waals surface area contributed by atoms with Gasteiger partial charge in [0.25, 0.3) is 0 Å². The van der Waals surface area contributed by atoms with Gasteiger partial charge in [0.2, 0.25) is 0 Å². The first-order valence-electron chi connectivity index (χ1n) is 7.93. The molecule has 1 saturated carbocycles. The van der Waals surface area contributed by atoms with E-state index in [4.69, 9.17) is 0 Å². The monoisotopic (exact) mass is 263 g/mol. The number of likely N-dealkylation sites (N-methyl/N-ethyl adjacent to an activating group) is 1. The Balaban J connectivity index is 2.22. The van der Waals surface area contributed by atoms with E-state index in [1.165, 1.54) is 31.5 Å². The second-order valence-electron chi connectivity index (χ2n) is 6.17. The van der Waals surface area contributed by atoms with Crippen molar-refractivity contribution in [2.45, 2.75) is 71.4 Å². The molecule has 19 heavy (non-hydrogen) atoms. The number of rotatable bonds is 5. The molecule has 0 aromatic carbocycles. The smallest absolute Gasteiger partial charge is 0.111 e. The molecule has 3 heteroatoms. The first-order chi connectivity index (χ1) is 9.17. The normalized spacial score (nSPS) is 27.9. The largest absolute Gasteiger partial charge is 0.330 e. The van der Waals surface area contributed by atoms with Crippen LogP contribution in [-0.2, 0) is 0 Å². The van der Waals surface area contributed by atoms with Crippen LogP contribution < -0.4 is 5.32 Å². The van der Waals surface area contributed by atoms with Gasteiger partial charge in [-0.15, -0.1) is 0 Å².